The summed E-state index contributed by atoms with van der Waals surface area (Å²) in [6, 6.07) is 13.0. The molecule has 2 rings (SSSR count). The van der Waals surface area contributed by atoms with Crippen molar-refractivity contribution in [2.75, 3.05) is 7.05 Å². The van der Waals surface area contributed by atoms with E-state index in [4.69, 9.17) is 0 Å². The Bertz CT molecular complexity index is 699. The van der Waals surface area contributed by atoms with Crippen LogP contribution in [-0.2, 0) is 16.6 Å². The van der Waals surface area contributed by atoms with Gasteiger partial charge in [0, 0.05) is 13.6 Å². The van der Waals surface area contributed by atoms with Crippen LogP contribution < -0.4 is 0 Å². The molecule has 0 amide bonds. The zero-order valence-electron chi connectivity index (χ0n) is 11.4. The van der Waals surface area contributed by atoms with Crippen LogP contribution in [0.1, 0.15) is 11.1 Å². The number of sulfonamides is 1. The number of benzene rings is 2. The third kappa shape index (κ3) is 3.05. The lowest BCUT2D eigenvalue weighted by Crippen LogP contribution is -2.27. The first-order valence-electron chi connectivity index (χ1n) is 6.17. The summed E-state index contributed by atoms with van der Waals surface area (Å²) in [5.74, 6) is -0.438. The highest BCUT2D eigenvalue weighted by molar-refractivity contribution is 7.89. The Morgan fingerprint density at radius 3 is 2.35 bits per heavy atom. The van der Waals surface area contributed by atoms with Crippen LogP contribution in [0.3, 0.4) is 0 Å². The van der Waals surface area contributed by atoms with Gasteiger partial charge in [0.05, 0.1) is 4.90 Å². The van der Waals surface area contributed by atoms with Crippen molar-refractivity contribution in [3.05, 3.63) is 65.5 Å². The van der Waals surface area contributed by atoms with Gasteiger partial charge in [-0.15, -0.1) is 0 Å². The maximum Gasteiger partial charge on any atom is 0.243 e. The van der Waals surface area contributed by atoms with Crippen molar-refractivity contribution in [3.63, 3.8) is 0 Å². The first-order valence-corrected chi connectivity index (χ1v) is 7.61. The topological polar surface area (TPSA) is 37.4 Å². The fraction of sp³-hybridized carbons (Fsp3) is 0.200. The lowest BCUT2D eigenvalue weighted by molar-refractivity contribution is 0.466. The van der Waals surface area contributed by atoms with E-state index in [0.717, 1.165) is 11.6 Å². The highest BCUT2D eigenvalue weighted by Crippen LogP contribution is 2.21. The maximum absolute atomic E-state index is 13.1. The predicted octanol–water partition coefficient (Wildman–Crippen LogP) is 2.95. The Kier molecular flexibility index (Phi) is 4.20. The van der Waals surface area contributed by atoms with Crippen LogP contribution >= 0.6 is 0 Å². The summed E-state index contributed by atoms with van der Waals surface area (Å²) >= 11 is 0. The van der Waals surface area contributed by atoms with Gasteiger partial charge in [-0.1, -0.05) is 30.3 Å². The minimum absolute atomic E-state index is 0.136. The Morgan fingerprint density at radius 1 is 1.10 bits per heavy atom. The predicted molar refractivity (Wildman–Crippen MR) is 76.2 cm³/mol. The molecular weight excluding hydrogens is 277 g/mol. The molecule has 0 radical (unpaired) electrons. The van der Waals surface area contributed by atoms with Crippen molar-refractivity contribution in [2.45, 2.75) is 18.4 Å². The van der Waals surface area contributed by atoms with Gasteiger partial charge in [0.15, 0.2) is 0 Å². The molecule has 0 unspecified atom stereocenters. The standard InChI is InChI=1S/C15H16FNO2S/c1-12-10-14(16)8-9-15(12)20(18,19)17(2)11-13-6-4-3-5-7-13/h3-10H,11H2,1-2H3. The van der Waals surface area contributed by atoms with Gasteiger partial charge < -0.3 is 0 Å². The maximum atomic E-state index is 13.1. The van der Waals surface area contributed by atoms with Gasteiger partial charge in [-0.3, -0.25) is 0 Å². The Morgan fingerprint density at radius 2 is 1.75 bits per heavy atom. The molecule has 0 aromatic heterocycles. The van der Waals surface area contributed by atoms with E-state index in [0.29, 0.717) is 5.56 Å². The molecule has 0 bridgehead atoms. The van der Waals surface area contributed by atoms with Gasteiger partial charge in [0.25, 0.3) is 0 Å². The van der Waals surface area contributed by atoms with Crippen LogP contribution in [0.15, 0.2) is 53.4 Å². The van der Waals surface area contributed by atoms with E-state index in [-0.39, 0.29) is 11.4 Å². The van der Waals surface area contributed by atoms with E-state index in [1.54, 1.807) is 6.92 Å². The molecule has 2 aromatic rings. The second-order valence-corrected chi connectivity index (χ2v) is 6.67. The van der Waals surface area contributed by atoms with Crippen molar-refractivity contribution in [1.29, 1.82) is 0 Å². The monoisotopic (exact) mass is 293 g/mol. The summed E-state index contributed by atoms with van der Waals surface area (Å²) in [6.45, 7) is 1.87. The van der Waals surface area contributed by atoms with Crippen LogP contribution in [0.2, 0.25) is 0 Å². The SMILES string of the molecule is Cc1cc(F)ccc1S(=O)(=O)N(C)Cc1ccccc1. The first-order chi connectivity index (χ1) is 9.41. The van der Waals surface area contributed by atoms with Crippen molar-refractivity contribution >= 4 is 10.0 Å². The van der Waals surface area contributed by atoms with E-state index in [1.165, 1.54) is 23.5 Å². The smallest absolute Gasteiger partial charge is 0.207 e. The zero-order valence-corrected chi connectivity index (χ0v) is 12.2. The van der Waals surface area contributed by atoms with Crippen LogP contribution in [0.5, 0.6) is 0 Å². The highest BCUT2D eigenvalue weighted by Gasteiger charge is 2.22. The zero-order chi connectivity index (χ0) is 14.8. The quantitative estimate of drug-likeness (QED) is 0.869. The van der Waals surface area contributed by atoms with Crippen molar-refractivity contribution in [2.24, 2.45) is 0 Å². The van der Waals surface area contributed by atoms with Crippen LogP contribution in [-0.4, -0.2) is 19.8 Å². The largest absolute Gasteiger partial charge is 0.243 e. The molecular formula is C15H16FNO2S. The van der Waals surface area contributed by atoms with E-state index >= 15 is 0 Å². The molecule has 106 valence electrons. The molecule has 5 heteroatoms. The Hall–Kier alpha value is -1.72. The van der Waals surface area contributed by atoms with Crippen LogP contribution in [0, 0.1) is 12.7 Å². The first kappa shape index (κ1) is 14.7. The summed E-state index contributed by atoms with van der Waals surface area (Å²) in [5, 5.41) is 0. The van der Waals surface area contributed by atoms with Gasteiger partial charge in [-0.05, 0) is 36.2 Å². The fourth-order valence-corrected chi connectivity index (χ4v) is 3.36. The minimum Gasteiger partial charge on any atom is -0.207 e. The second kappa shape index (κ2) is 5.73. The van der Waals surface area contributed by atoms with Gasteiger partial charge in [-0.25, -0.2) is 12.8 Å². The van der Waals surface area contributed by atoms with Crippen molar-refractivity contribution < 1.29 is 12.8 Å². The summed E-state index contributed by atoms with van der Waals surface area (Å²) in [4.78, 5) is 0.136. The Labute approximate surface area is 118 Å². The molecule has 0 N–H and O–H groups in total. The molecule has 0 atom stereocenters. The van der Waals surface area contributed by atoms with Crippen LogP contribution in [0.4, 0.5) is 4.39 Å². The van der Waals surface area contributed by atoms with E-state index < -0.39 is 15.8 Å². The molecule has 2 aromatic carbocycles. The average molecular weight is 293 g/mol. The summed E-state index contributed by atoms with van der Waals surface area (Å²) in [7, 11) is -2.10. The lowest BCUT2D eigenvalue weighted by atomic mass is 10.2. The van der Waals surface area contributed by atoms with Crippen molar-refractivity contribution in [3.8, 4) is 0 Å². The summed E-state index contributed by atoms with van der Waals surface area (Å²) in [6.07, 6.45) is 0. The van der Waals surface area contributed by atoms with Gasteiger partial charge in [0.2, 0.25) is 10.0 Å². The highest BCUT2D eigenvalue weighted by atomic mass is 32.2. The average Bonchev–Trinajstić information content (AvgIpc) is 2.39. The number of rotatable bonds is 4. The molecule has 3 nitrogen and oxygen atoms in total. The Balaban J connectivity index is 2.30. The third-order valence-corrected chi connectivity index (χ3v) is 5.04. The second-order valence-electron chi connectivity index (χ2n) is 4.66. The molecule has 0 heterocycles. The van der Waals surface area contributed by atoms with Gasteiger partial charge in [-0.2, -0.15) is 4.31 Å². The molecule has 0 aliphatic carbocycles. The molecule has 0 aliphatic rings. The molecule has 0 saturated heterocycles. The number of aryl methyl sites for hydroxylation is 1. The lowest BCUT2D eigenvalue weighted by Gasteiger charge is -2.18. The summed E-state index contributed by atoms with van der Waals surface area (Å²) in [5.41, 5.74) is 1.31. The van der Waals surface area contributed by atoms with Gasteiger partial charge >= 0.3 is 0 Å². The number of hydrogen-bond donors (Lipinski definition) is 0. The van der Waals surface area contributed by atoms with Gasteiger partial charge in [0.1, 0.15) is 5.82 Å². The molecule has 0 spiro atoms. The summed E-state index contributed by atoms with van der Waals surface area (Å²) < 4.78 is 39.3. The minimum atomic E-state index is -3.62. The van der Waals surface area contributed by atoms with E-state index in [1.807, 2.05) is 30.3 Å². The third-order valence-electron chi connectivity index (χ3n) is 3.07. The van der Waals surface area contributed by atoms with Crippen LogP contribution in [0.25, 0.3) is 0 Å². The molecule has 20 heavy (non-hydrogen) atoms. The van der Waals surface area contributed by atoms with Crippen molar-refractivity contribution in [1.82, 2.24) is 4.31 Å². The normalized spacial score (nSPS) is 11.8. The molecule has 0 saturated carbocycles. The number of hydrogen-bond acceptors (Lipinski definition) is 2. The fourth-order valence-electron chi connectivity index (χ4n) is 2.00. The number of nitrogens with zero attached hydrogens (tertiary/aromatic N) is 1. The molecule has 0 aliphatic heterocycles. The molecule has 0 fully saturated rings. The van der Waals surface area contributed by atoms with E-state index in [2.05, 4.69) is 0 Å². The number of halogens is 1. The van der Waals surface area contributed by atoms with E-state index in [9.17, 15) is 12.8 Å².